The van der Waals surface area contributed by atoms with Crippen LogP contribution in [-0.2, 0) is 4.74 Å². The first-order valence-corrected chi connectivity index (χ1v) is 5.68. The summed E-state index contributed by atoms with van der Waals surface area (Å²) in [6.07, 6.45) is 1.67. The molecule has 5 heteroatoms. The van der Waals surface area contributed by atoms with Gasteiger partial charge in [-0.1, -0.05) is 6.58 Å². The number of carbonyl (C=O) groups is 1. The van der Waals surface area contributed by atoms with E-state index in [4.69, 9.17) is 0 Å². The maximum Gasteiger partial charge on any atom is 0.411 e. The SMILES string of the molecule is C=COC(=O)NCCCN1CCN(C)CC1. The molecule has 0 radical (unpaired) electrons. The Kier molecular flexibility index (Phi) is 5.88. The fourth-order valence-electron chi connectivity index (χ4n) is 1.68. The average Bonchev–Trinajstić information content (AvgIpc) is 2.27. The molecule has 0 bridgehead atoms. The number of alkyl carbamates (subject to hydrolysis) is 1. The van der Waals surface area contributed by atoms with Crippen molar-refractivity contribution in [1.29, 1.82) is 0 Å². The van der Waals surface area contributed by atoms with E-state index in [1.807, 2.05) is 0 Å². The van der Waals surface area contributed by atoms with Crippen molar-refractivity contribution in [3.05, 3.63) is 12.8 Å². The van der Waals surface area contributed by atoms with E-state index < -0.39 is 6.09 Å². The van der Waals surface area contributed by atoms with Gasteiger partial charge in [-0.05, 0) is 20.0 Å². The average molecular weight is 227 g/mol. The van der Waals surface area contributed by atoms with Crippen LogP contribution in [0.1, 0.15) is 6.42 Å². The molecule has 0 saturated carbocycles. The van der Waals surface area contributed by atoms with Gasteiger partial charge < -0.3 is 19.9 Å². The minimum Gasteiger partial charge on any atom is -0.419 e. The second-order valence-electron chi connectivity index (χ2n) is 4.00. The van der Waals surface area contributed by atoms with Crippen LogP contribution < -0.4 is 5.32 Å². The zero-order chi connectivity index (χ0) is 11.8. The quantitative estimate of drug-likeness (QED) is 0.548. The molecule has 1 aliphatic rings. The minimum atomic E-state index is -0.423. The number of hydrogen-bond donors (Lipinski definition) is 1. The highest BCUT2D eigenvalue weighted by molar-refractivity contribution is 5.67. The van der Waals surface area contributed by atoms with Crippen LogP contribution in [0.5, 0.6) is 0 Å². The van der Waals surface area contributed by atoms with Gasteiger partial charge in [0.25, 0.3) is 0 Å². The predicted molar refractivity (Wildman–Crippen MR) is 63.2 cm³/mol. The van der Waals surface area contributed by atoms with Gasteiger partial charge in [0, 0.05) is 32.7 Å². The number of rotatable bonds is 5. The van der Waals surface area contributed by atoms with Crippen LogP contribution in [0.4, 0.5) is 4.79 Å². The van der Waals surface area contributed by atoms with Gasteiger partial charge in [-0.25, -0.2) is 4.79 Å². The summed E-state index contributed by atoms with van der Waals surface area (Å²) >= 11 is 0. The van der Waals surface area contributed by atoms with E-state index in [1.165, 1.54) is 0 Å². The standard InChI is InChI=1S/C11H21N3O2/c1-3-16-11(15)12-5-4-6-14-9-7-13(2)8-10-14/h3H,1,4-10H2,2H3,(H,12,15). The van der Waals surface area contributed by atoms with E-state index in [-0.39, 0.29) is 0 Å². The van der Waals surface area contributed by atoms with E-state index in [1.54, 1.807) is 0 Å². The first-order chi connectivity index (χ1) is 7.72. The van der Waals surface area contributed by atoms with Crippen molar-refractivity contribution in [3.63, 3.8) is 0 Å². The van der Waals surface area contributed by atoms with Crippen LogP contribution in [0.3, 0.4) is 0 Å². The van der Waals surface area contributed by atoms with Crippen LogP contribution >= 0.6 is 0 Å². The van der Waals surface area contributed by atoms with E-state index in [2.05, 4.69) is 33.5 Å². The first kappa shape index (κ1) is 13.0. The number of likely N-dealkylation sites (N-methyl/N-ethyl adjacent to an activating group) is 1. The summed E-state index contributed by atoms with van der Waals surface area (Å²) in [6, 6.07) is 0. The maximum atomic E-state index is 10.9. The van der Waals surface area contributed by atoms with Crippen LogP contribution in [-0.4, -0.2) is 62.2 Å². The molecule has 1 amide bonds. The molecule has 0 aromatic rings. The largest absolute Gasteiger partial charge is 0.419 e. The molecule has 0 aromatic carbocycles. The van der Waals surface area contributed by atoms with Crippen molar-refractivity contribution in [1.82, 2.24) is 15.1 Å². The Labute approximate surface area is 97.0 Å². The summed E-state index contributed by atoms with van der Waals surface area (Å²) < 4.78 is 4.54. The van der Waals surface area contributed by atoms with Crippen molar-refractivity contribution in [2.45, 2.75) is 6.42 Å². The summed E-state index contributed by atoms with van der Waals surface area (Å²) in [5.41, 5.74) is 0. The van der Waals surface area contributed by atoms with Gasteiger partial charge in [-0.15, -0.1) is 0 Å². The first-order valence-electron chi connectivity index (χ1n) is 5.68. The number of nitrogens with zero attached hydrogens (tertiary/aromatic N) is 2. The molecule has 5 nitrogen and oxygen atoms in total. The van der Waals surface area contributed by atoms with Gasteiger partial charge in [0.1, 0.15) is 0 Å². The normalized spacial score (nSPS) is 18.1. The predicted octanol–water partition coefficient (Wildman–Crippen LogP) is 0.494. The Hall–Kier alpha value is -1.07. The molecule has 0 atom stereocenters. The van der Waals surface area contributed by atoms with Crippen LogP contribution in [0.2, 0.25) is 0 Å². The molecule has 1 heterocycles. The topological polar surface area (TPSA) is 44.8 Å². The molecule has 1 aliphatic heterocycles. The fourth-order valence-corrected chi connectivity index (χ4v) is 1.68. The molecule has 1 N–H and O–H groups in total. The maximum absolute atomic E-state index is 10.9. The number of piperazine rings is 1. The molecule has 92 valence electrons. The molecule has 1 fully saturated rings. The zero-order valence-electron chi connectivity index (χ0n) is 9.95. The van der Waals surface area contributed by atoms with Gasteiger partial charge in [-0.3, -0.25) is 0 Å². The Morgan fingerprint density at radius 1 is 1.44 bits per heavy atom. The van der Waals surface area contributed by atoms with Crippen LogP contribution in [0.25, 0.3) is 0 Å². The lowest BCUT2D eigenvalue weighted by Gasteiger charge is -2.32. The van der Waals surface area contributed by atoms with Gasteiger partial charge in [0.05, 0.1) is 6.26 Å². The molecule has 1 saturated heterocycles. The second-order valence-corrected chi connectivity index (χ2v) is 4.00. The van der Waals surface area contributed by atoms with Crippen molar-refractivity contribution in [2.75, 3.05) is 46.3 Å². The third-order valence-corrected chi connectivity index (χ3v) is 2.71. The molecule has 1 rings (SSSR count). The monoisotopic (exact) mass is 227 g/mol. The summed E-state index contributed by atoms with van der Waals surface area (Å²) in [7, 11) is 2.14. The van der Waals surface area contributed by atoms with E-state index in [9.17, 15) is 4.79 Å². The lowest BCUT2D eigenvalue weighted by molar-refractivity contribution is 0.151. The summed E-state index contributed by atoms with van der Waals surface area (Å²) in [5.74, 6) is 0. The van der Waals surface area contributed by atoms with Crippen molar-refractivity contribution in [2.24, 2.45) is 0 Å². The minimum absolute atomic E-state index is 0.423. The van der Waals surface area contributed by atoms with Gasteiger partial charge >= 0.3 is 6.09 Å². The third-order valence-electron chi connectivity index (χ3n) is 2.71. The number of ether oxygens (including phenoxy) is 1. The van der Waals surface area contributed by atoms with Crippen molar-refractivity contribution >= 4 is 6.09 Å². The van der Waals surface area contributed by atoms with Crippen molar-refractivity contribution in [3.8, 4) is 0 Å². The Balaban J connectivity index is 1.99. The summed E-state index contributed by atoms with van der Waals surface area (Å²) in [4.78, 5) is 15.7. The molecule has 0 aromatic heterocycles. The number of amides is 1. The van der Waals surface area contributed by atoms with Gasteiger partial charge in [0.2, 0.25) is 0 Å². The molecule has 0 unspecified atom stereocenters. The Morgan fingerprint density at radius 3 is 2.75 bits per heavy atom. The van der Waals surface area contributed by atoms with Gasteiger partial charge in [-0.2, -0.15) is 0 Å². The lowest BCUT2D eigenvalue weighted by atomic mass is 10.3. The van der Waals surface area contributed by atoms with Crippen molar-refractivity contribution < 1.29 is 9.53 Å². The summed E-state index contributed by atoms with van der Waals surface area (Å²) in [6.45, 7) is 9.49. The molecule has 0 aliphatic carbocycles. The van der Waals surface area contributed by atoms with E-state index >= 15 is 0 Å². The molecular weight excluding hydrogens is 206 g/mol. The highest BCUT2D eigenvalue weighted by Gasteiger charge is 2.12. The number of nitrogens with one attached hydrogen (secondary N) is 1. The molecule has 16 heavy (non-hydrogen) atoms. The van der Waals surface area contributed by atoms with E-state index in [0.717, 1.165) is 45.4 Å². The Bertz CT molecular complexity index is 225. The fraction of sp³-hybridized carbons (Fsp3) is 0.727. The molecular formula is C11H21N3O2. The van der Waals surface area contributed by atoms with Crippen LogP contribution in [0.15, 0.2) is 12.8 Å². The highest BCUT2D eigenvalue weighted by Crippen LogP contribution is 1.99. The number of carbonyl (C=O) groups excluding carboxylic acids is 1. The lowest BCUT2D eigenvalue weighted by Crippen LogP contribution is -2.45. The van der Waals surface area contributed by atoms with E-state index in [0.29, 0.717) is 6.54 Å². The smallest absolute Gasteiger partial charge is 0.411 e. The van der Waals surface area contributed by atoms with Crippen LogP contribution in [0, 0.1) is 0 Å². The summed E-state index contributed by atoms with van der Waals surface area (Å²) in [5, 5.41) is 2.66. The third kappa shape index (κ3) is 5.14. The second kappa shape index (κ2) is 7.24. The van der Waals surface area contributed by atoms with Gasteiger partial charge in [0.15, 0.2) is 0 Å². The number of hydrogen-bond acceptors (Lipinski definition) is 4. The molecule has 0 spiro atoms. The highest BCUT2D eigenvalue weighted by atomic mass is 16.5. The zero-order valence-corrected chi connectivity index (χ0v) is 9.95. The Morgan fingerprint density at radius 2 is 2.12 bits per heavy atom.